The van der Waals surface area contributed by atoms with E-state index in [0.29, 0.717) is 27.4 Å². The topological polar surface area (TPSA) is 63.4 Å². The van der Waals surface area contributed by atoms with Crippen molar-refractivity contribution >= 4 is 45.0 Å². The van der Waals surface area contributed by atoms with Crippen LogP contribution in [0.15, 0.2) is 40.9 Å². The number of imide groups is 1. The van der Waals surface area contributed by atoms with Gasteiger partial charge < -0.3 is 5.73 Å². The van der Waals surface area contributed by atoms with Gasteiger partial charge in [-0.3, -0.25) is 14.5 Å². The zero-order valence-electron chi connectivity index (χ0n) is 10.8. The molecule has 0 saturated heterocycles. The highest BCUT2D eigenvalue weighted by Crippen LogP contribution is 2.29. The molecule has 0 saturated carbocycles. The molecule has 1 heterocycles. The van der Waals surface area contributed by atoms with E-state index in [1.165, 1.54) is 11.0 Å². The Labute approximate surface area is 134 Å². The molecule has 0 bridgehead atoms. The number of fused-ring (bicyclic) bond motifs is 1. The number of nitrogens with zero attached hydrogens (tertiary/aromatic N) is 1. The van der Waals surface area contributed by atoms with Gasteiger partial charge >= 0.3 is 0 Å². The summed E-state index contributed by atoms with van der Waals surface area (Å²) >= 11 is 9.46. The third-order valence-electron chi connectivity index (χ3n) is 3.34. The fraction of sp³-hybridized carbons (Fsp3) is 0.0667. The number of hydrogen-bond acceptors (Lipinski definition) is 3. The third-order valence-corrected chi connectivity index (χ3v) is 4.18. The summed E-state index contributed by atoms with van der Waals surface area (Å²) < 4.78 is 0.839. The minimum Gasteiger partial charge on any atom is -0.399 e. The summed E-state index contributed by atoms with van der Waals surface area (Å²) in [7, 11) is 0. The predicted octanol–water partition coefficient (Wildman–Crippen LogP) is 3.48. The van der Waals surface area contributed by atoms with Crippen molar-refractivity contribution in [2.24, 2.45) is 0 Å². The van der Waals surface area contributed by atoms with E-state index >= 15 is 0 Å². The first-order chi connectivity index (χ1) is 9.97. The molecule has 2 N–H and O–H groups in total. The second-order valence-electron chi connectivity index (χ2n) is 4.74. The van der Waals surface area contributed by atoms with Crippen LogP contribution in [0.5, 0.6) is 0 Å². The van der Waals surface area contributed by atoms with E-state index in [4.69, 9.17) is 17.3 Å². The highest BCUT2D eigenvalue weighted by Gasteiger charge is 2.35. The lowest BCUT2D eigenvalue weighted by Gasteiger charge is -2.15. The standard InChI is InChI=1S/C15H10BrClN2O2/c16-9-2-1-8(13(17)5-9)7-19-14(20)11-4-3-10(18)6-12(11)15(19)21/h1-6H,7,18H2. The zero-order chi connectivity index (χ0) is 15.1. The number of benzene rings is 2. The van der Waals surface area contributed by atoms with Gasteiger partial charge in [-0.25, -0.2) is 0 Å². The van der Waals surface area contributed by atoms with Crippen LogP contribution < -0.4 is 5.73 Å². The smallest absolute Gasteiger partial charge is 0.261 e. The van der Waals surface area contributed by atoms with Crippen LogP contribution in [0, 0.1) is 0 Å². The van der Waals surface area contributed by atoms with Crippen molar-refractivity contribution in [1.29, 1.82) is 0 Å². The lowest BCUT2D eigenvalue weighted by Crippen LogP contribution is -2.29. The van der Waals surface area contributed by atoms with Crippen LogP contribution in [0.25, 0.3) is 0 Å². The quantitative estimate of drug-likeness (QED) is 0.654. The minimum absolute atomic E-state index is 0.137. The number of carbonyl (C=O) groups excluding carboxylic acids is 2. The van der Waals surface area contributed by atoms with Gasteiger partial charge in [0.05, 0.1) is 17.7 Å². The van der Waals surface area contributed by atoms with Crippen molar-refractivity contribution in [2.45, 2.75) is 6.54 Å². The molecule has 21 heavy (non-hydrogen) atoms. The van der Waals surface area contributed by atoms with Crippen LogP contribution >= 0.6 is 27.5 Å². The molecule has 0 aromatic heterocycles. The molecular weight excluding hydrogens is 356 g/mol. The molecule has 3 rings (SSSR count). The SMILES string of the molecule is Nc1ccc2c(c1)C(=O)N(Cc1ccc(Br)cc1Cl)C2=O. The molecule has 4 nitrogen and oxygen atoms in total. The first kappa shape index (κ1) is 14.1. The maximum Gasteiger partial charge on any atom is 0.261 e. The van der Waals surface area contributed by atoms with Crippen molar-refractivity contribution < 1.29 is 9.59 Å². The normalized spacial score (nSPS) is 13.7. The minimum atomic E-state index is -0.346. The van der Waals surface area contributed by atoms with Crippen LogP contribution in [0.2, 0.25) is 5.02 Å². The van der Waals surface area contributed by atoms with Gasteiger partial charge in [-0.15, -0.1) is 0 Å². The summed E-state index contributed by atoms with van der Waals surface area (Å²) in [5.74, 6) is -0.671. The fourth-order valence-electron chi connectivity index (χ4n) is 2.27. The monoisotopic (exact) mass is 364 g/mol. The first-order valence-corrected chi connectivity index (χ1v) is 7.34. The Kier molecular flexibility index (Phi) is 3.47. The number of carbonyl (C=O) groups is 2. The Bertz CT molecular complexity index is 776. The Hall–Kier alpha value is -1.85. The van der Waals surface area contributed by atoms with Gasteiger partial charge in [0, 0.05) is 15.2 Å². The van der Waals surface area contributed by atoms with Gasteiger partial charge in [-0.1, -0.05) is 33.6 Å². The lowest BCUT2D eigenvalue weighted by molar-refractivity contribution is 0.0642. The van der Waals surface area contributed by atoms with Crippen molar-refractivity contribution in [3.8, 4) is 0 Å². The van der Waals surface area contributed by atoms with Crippen molar-refractivity contribution in [2.75, 3.05) is 5.73 Å². The summed E-state index contributed by atoms with van der Waals surface area (Å²) in [6.45, 7) is 0.137. The van der Waals surface area contributed by atoms with Gasteiger partial charge in [0.25, 0.3) is 11.8 Å². The van der Waals surface area contributed by atoms with Crippen LogP contribution in [0.4, 0.5) is 5.69 Å². The van der Waals surface area contributed by atoms with Gasteiger partial charge in [-0.2, -0.15) is 0 Å². The summed E-state index contributed by atoms with van der Waals surface area (Å²) in [6, 6.07) is 10.0. The molecule has 0 atom stereocenters. The Balaban J connectivity index is 1.95. The van der Waals surface area contributed by atoms with E-state index in [-0.39, 0.29) is 18.4 Å². The van der Waals surface area contributed by atoms with E-state index < -0.39 is 0 Å². The lowest BCUT2D eigenvalue weighted by atomic mass is 10.1. The van der Waals surface area contributed by atoms with Crippen LogP contribution in [-0.4, -0.2) is 16.7 Å². The van der Waals surface area contributed by atoms with E-state index in [1.54, 1.807) is 24.3 Å². The number of anilines is 1. The van der Waals surface area contributed by atoms with Crippen molar-refractivity contribution in [3.05, 3.63) is 62.6 Å². The number of hydrogen-bond donors (Lipinski definition) is 1. The second kappa shape index (κ2) is 5.16. The summed E-state index contributed by atoms with van der Waals surface area (Å²) in [5, 5.41) is 0.500. The molecule has 2 aromatic rings. The fourth-order valence-corrected chi connectivity index (χ4v) is 3.01. The molecule has 0 fully saturated rings. The van der Waals surface area contributed by atoms with Gasteiger partial charge in [0.2, 0.25) is 0 Å². The number of rotatable bonds is 2. The molecule has 106 valence electrons. The molecule has 0 unspecified atom stereocenters. The number of nitrogen functional groups attached to an aromatic ring is 1. The first-order valence-electron chi connectivity index (χ1n) is 6.17. The Morgan fingerprint density at radius 1 is 1.05 bits per heavy atom. The van der Waals surface area contributed by atoms with Crippen molar-refractivity contribution in [3.63, 3.8) is 0 Å². The van der Waals surface area contributed by atoms with Crippen LogP contribution in [-0.2, 0) is 6.54 Å². The third kappa shape index (κ3) is 2.43. The van der Waals surface area contributed by atoms with Crippen LogP contribution in [0.1, 0.15) is 26.3 Å². The highest BCUT2D eigenvalue weighted by atomic mass is 79.9. The summed E-state index contributed by atoms with van der Waals surface area (Å²) in [4.78, 5) is 25.8. The average molecular weight is 366 g/mol. The second-order valence-corrected chi connectivity index (χ2v) is 6.06. The maximum atomic E-state index is 12.3. The number of nitrogens with two attached hydrogens (primary N) is 1. The van der Waals surface area contributed by atoms with Gasteiger partial charge in [0.1, 0.15) is 0 Å². The van der Waals surface area contributed by atoms with Gasteiger partial charge in [0.15, 0.2) is 0 Å². The van der Waals surface area contributed by atoms with Gasteiger partial charge in [-0.05, 0) is 35.9 Å². The summed E-state index contributed by atoms with van der Waals surface area (Å²) in [5.41, 5.74) is 7.55. The highest BCUT2D eigenvalue weighted by molar-refractivity contribution is 9.10. The molecule has 0 radical (unpaired) electrons. The number of amides is 2. The average Bonchev–Trinajstić information content (AvgIpc) is 2.66. The Morgan fingerprint density at radius 2 is 1.76 bits per heavy atom. The molecule has 6 heteroatoms. The largest absolute Gasteiger partial charge is 0.399 e. The summed E-state index contributed by atoms with van der Waals surface area (Å²) in [6.07, 6.45) is 0. The van der Waals surface area contributed by atoms with Crippen LogP contribution in [0.3, 0.4) is 0 Å². The van der Waals surface area contributed by atoms with E-state index in [0.717, 1.165) is 4.47 Å². The number of halogens is 2. The molecular formula is C15H10BrClN2O2. The van der Waals surface area contributed by atoms with Crippen molar-refractivity contribution in [1.82, 2.24) is 4.90 Å². The predicted molar refractivity (Wildman–Crippen MR) is 84.2 cm³/mol. The molecule has 2 aromatic carbocycles. The molecule has 2 amide bonds. The van der Waals surface area contributed by atoms with E-state index in [1.807, 2.05) is 6.07 Å². The zero-order valence-corrected chi connectivity index (χ0v) is 13.1. The van der Waals surface area contributed by atoms with E-state index in [2.05, 4.69) is 15.9 Å². The maximum absolute atomic E-state index is 12.3. The molecule has 1 aliphatic heterocycles. The molecule has 1 aliphatic rings. The molecule has 0 aliphatic carbocycles. The Morgan fingerprint density at radius 3 is 2.48 bits per heavy atom. The van der Waals surface area contributed by atoms with E-state index in [9.17, 15) is 9.59 Å². The molecule has 0 spiro atoms.